The Bertz CT molecular complexity index is 1110. The molecule has 2 amide bonds. The number of amides is 2. The molecule has 2 aliphatic rings. The van der Waals surface area contributed by atoms with Gasteiger partial charge < -0.3 is 15.4 Å². The molecule has 8 nitrogen and oxygen atoms in total. The second-order valence-electron chi connectivity index (χ2n) is 8.21. The monoisotopic (exact) mass is 457 g/mol. The van der Waals surface area contributed by atoms with Gasteiger partial charge in [0, 0.05) is 6.04 Å². The first-order valence-electron chi connectivity index (χ1n) is 10.8. The van der Waals surface area contributed by atoms with E-state index in [9.17, 15) is 18.0 Å². The van der Waals surface area contributed by atoms with E-state index in [0.717, 1.165) is 36.2 Å². The van der Waals surface area contributed by atoms with Gasteiger partial charge in [-0.25, -0.2) is 8.42 Å². The molecule has 0 spiro atoms. The maximum absolute atomic E-state index is 13.0. The van der Waals surface area contributed by atoms with E-state index in [1.54, 1.807) is 48.5 Å². The molecule has 170 valence electrons. The minimum absolute atomic E-state index is 0.140. The summed E-state index contributed by atoms with van der Waals surface area (Å²) < 4.78 is 31.5. The number of hydrogen-bond donors (Lipinski definition) is 2. The van der Waals surface area contributed by atoms with Gasteiger partial charge in [-0.3, -0.25) is 13.9 Å². The number of anilines is 2. The molecule has 2 aromatic rings. The second-order valence-corrected chi connectivity index (χ2v) is 10.1. The van der Waals surface area contributed by atoms with Gasteiger partial charge in [-0.1, -0.05) is 43.5 Å². The van der Waals surface area contributed by atoms with Crippen LogP contribution in [0, 0.1) is 0 Å². The summed E-state index contributed by atoms with van der Waals surface area (Å²) in [7, 11) is -3.61. The summed E-state index contributed by atoms with van der Waals surface area (Å²) in [6.45, 7) is -0.155. The molecule has 0 radical (unpaired) electrons. The largest absolute Gasteiger partial charge is 0.476 e. The molecule has 1 atom stereocenters. The number of sulfonamides is 1. The summed E-state index contributed by atoms with van der Waals surface area (Å²) in [6.07, 6.45) is 5.33. The van der Waals surface area contributed by atoms with Crippen LogP contribution in [0.15, 0.2) is 48.5 Å². The molecule has 2 N–H and O–H groups in total. The van der Waals surface area contributed by atoms with Gasteiger partial charge in [-0.05, 0) is 37.1 Å². The van der Waals surface area contributed by atoms with Crippen LogP contribution < -0.4 is 19.7 Å². The van der Waals surface area contributed by atoms with E-state index in [1.807, 2.05) is 0 Å². The molecular weight excluding hydrogens is 430 g/mol. The summed E-state index contributed by atoms with van der Waals surface area (Å²) in [5.41, 5.74) is 1.12. The molecule has 0 bridgehead atoms. The number of fused-ring (bicyclic) bond motifs is 1. The van der Waals surface area contributed by atoms with Gasteiger partial charge in [0.2, 0.25) is 10.0 Å². The van der Waals surface area contributed by atoms with E-state index in [1.165, 1.54) is 6.42 Å². The lowest BCUT2D eigenvalue weighted by atomic mass is 9.95. The number of para-hydroxylation sites is 3. The fraction of sp³-hybridized carbons (Fsp3) is 0.391. The zero-order valence-corrected chi connectivity index (χ0v) is 18.7. The summed E-state index contributed by atoms with van der Waals surface area (Å²) in [5, 5.41) is 5.81. The molecule has 4 rings (SSSR count). The Morgan fingerprint density at radius 2 is 1.69 bits per heavy atom. The molecule has 1 aliphatic carbocycles. The van der Waals surface area contributed by atoms with Crippen molar-refractivity contribution in [3.05, 3.63) is 54.1 Å². The normalized spacial score (nSPS) is 18.9. The highest BCUT2D eigenvalue weighted by Gasteiger charge is 2.35. The lowest BCUT2D eigenvalue weighted by Crippen LogP contribution is -2.48. The first kappa shape index (κ1) is 22.1. The van der Waals surface area contributed by atoms with Crippen LogP contribution >= 0.6 is 0 Å². The maximum Gasteiger partial charge on any atom is 0.267 e. The van der Waals surface area contributed by atoms with Crippen molar-refractivity contribution >= 4 is 33.2 Å². The van der Waals surface area contributed by atoms with Crippen LogP contribution in [0.2, 0.25) is 0 Å². The molecule has 0 aromatic heterocycles. The van der Waals surface area contributed by atoms with Gasteiger partial charge in [0.1, 0.15) is 5.75 Å². The first-order valence-corrected chi connectivity index (χ1v) is 12.6. The number of ether oxygens (including phenoxy) is 1. The Balaban J connectivity index is 1.51. The third-order valence-electron chi connectivity index (χ3n) is 5.80. The second kappa shape index (κ2) is 9.20. The van der Waals surface area contributed by atoms with Gasteiger partial charge >= 0.3 is 0 Å². The number of benzene rings is 2. The van der Waals surface area contributed by atoms with Gasteiger partial charge in [0.25, 0.3) is 11.8 Å². The molecular formula is C23H27N3O5S. The standard InChI is InChI=1S/C23H27N3O5S/c1-32(29,30)26-15-21(31-20-14-8-7-13-19(20)26)23(28)25-18-12-6-5-11-17(18)22(27)24-16-9-3-2-4-10-16/h5-8,11-14,16,21H,2-4,9-10,15H2,1H3,(H,24,27)(H,25,28). The van der Waals surface area contributed by atoms with Crippen LogP contribution in [-0.4, -0.2) is 45.2 Å². The Kier molecular flexibility index (Phi) is 6.36. The van der Waals surface area contributed by atoms with E-state index in [4.69, 9.17) is 4.74 Å². The molecule has 1 aliphatic heterocycles. The van der Waals surface area contributed by atoms with Crippen molar-refractivity contribution in [2.75, 3.05) is 22.4 Å². The predicted octanol–water partition coefficient (Wildman–Crippen LogP) is 2.91. The fourth-order valence-electron chi connectivity index (χ4n) is 4.17. The summed E-state index contributed by atoms with van der Waals surface area (Å²) >= 11 is 0. The Labute approximate surface area is 188 Å². The van der Waals surface area contributed by atoms with Crippen LogP contribution in [0.3, 0.4) is 0 Å². The average Bonchev–Trinajstić information content (AvgIpc) is 2.78. The van der Waals surface area contributed by atoms with Crippen LogP contribution in [0.1, 0.15) is 42.5 Å². The molecule has 0 saturated heterocycles. The first-order chi connectivity index (χ1) is 15.3. The Morgan fingerprint density at radius 1 is 1.00 bits per heavy atom. The zero-order valence-electron chi connectivity index (χ0n) is 17.9. The number of carbonyl (C=O) groups excluding carboxylic acids is 2. The molecule has 2 aromatic carbocycles. The predicted molar refractivity (Wildman–Crippen MR) is 122 cm³/mol. The van der Waals surface area contributed by atoms with Crippen molar-refractivity contribution in [1.29, 1.82) is 0 Å². The average molecular weight is 458 g/mol. The summed E-state index contributed by atoms with van der Waals surface area (Å²) in [5.74, 6) is -0.445. The zero-order chi connectivity index (χ0) is 22.7. The number of nitrogens with one attached hydrogen (secondary N) is 2. The van der Waals surface area contributed by atoms with E-state index in [0.29, 0.717) is 22.7 Å². The minimum Gasteiger partial charge on any atom is -0.476 e. The number of hydrogen-bond acceptors (Lipinski definition) is 5. The van der Waals surface area contributed by atoms with Gasteiger partial charge in [-0.15, -0.1) is 0 Å². The molecule has 1 saturated carbocycles. The molecule has 9 heteroatoms. The number of nitrogens with zero attached hydrogens (tertiary/aromatic N) is 1. The minimum atomic E-state index is -3.61. The van der Waals surface area contributed by atoms with Crippen molar-refractivity contribution in [1.82, 2.24) is 5.32 Å². The van der Waals surface area contributed by atoms with E-state index < -0.39 is 22.0 Å². The van der Waals surface area contributed by atoms with Crippen molar-refractivity contribution in [3.63, 3.8) is 0 Å². The smallest absolute Gasteiger partial charge is 0.267 e. The molecule has 1 heterocycles. The van der Waals surface area contributed by atoms with Gasteiger partial charge in [-0.2, -0.15) is 0 Å². The van der Waals surface area contributed by atoms with Crippen LogP contribution in [0.25, 0.3) is 0 Å². The highest BCUT2D eigenvalue weighted by atomic mass is 32.2. The molecule has 1 fully saturated rings. The van der Waals surface area contributed by atoms with Crippen molar-refractivity contribution in [2.45, 2.75) is 44.2 Å². The lowest BCUT2D eigenvalue weighted by Gasteiger charge is -2.34. The van der Waals surface area contributed by atoms with Crippen molar-refractivity contribution in [2.24, 2.45) is 0 Å². The summed E-state index contributed by atoms with van der Waals surface area (Å²) in [6, 6.07) is 13.6. The topological polar surface area (TPSA) is 105 Å². The van der Waals surface area contributed by atoms with Gasteiger partial charge in [0.05, 0.1) is 29.7 Å². The number of carbonyl (C=O) groups is 2. The van der Waals surface area contributed by atoms with E-state index in [2.05, 4.69) is 10.6 Å². The molecule has 32 heavy (non-hydrogen) atoms. The van der Waals surface area contributed by atoms with Crippen molar-refractivity contribution < 1.29 is 22.7 Å². The van der Waals surface area contributed by atoms with Crippen LogP contribution in [0.5, 0.6) is 5.75 Å². The molecule has 1 unspecified atom stereocenters. The van der Waals surface area contributed by atoms with Crippen molar-refractivity contribution in [3.8, 4) is 5.75 Å². The fourth-order valence-corrected chi connectivity index (χ4v) is 5.08. The highest BCUT2D eigenvalue weighted by molar-refractivity contribution is 7.92. The van der Waals surface area contributed by atoms with Crippen LogP contribution in [-0.2, 0) is 14.8 Å². The van der Waals surface area contributed by atoms with E-state index >= 15 is 0 Å². The van der Waals surface area contributed by atoms with Crippen LogP contribution in [0.4, 0.5) is 11.4 Å². The van der Waals surface area contributed by atoms with Gasteiger partial charge in [0.15, 0.2) is 6.10 Å². The highest BCUT2D eigenvalue weighted by Crippen LogP contribution is 2.35. The quantitative estimate of drug-likeness (QED) is 0.718. The lowest BCUT2D eigenvalue weighted by molar-refractivity contribution is -0.122. The third kappa shape index (κ3) is 4.88. The SMILES string of the molecule is CS(=O)(=O)N1CC(C(=O)Nc2ccccc2C(=O)NC2CCCCC2)Oc2ccccc21. The van der Waals surface area contributed by atoms with E-state index in [-0.39, 0.29) is 18.5 Å². The maximum atomic E-state index is 13.0. The summed E-state index contributed by atoms with van der Waals surface area (Å²) in [4.78, 5) is 25.9. The number of rotatable bonds is 5. The third-order valence-corrected chi connectivity index (χ3v) is 6.94. The Hall–Kier alpha value is -3.07. The Morgan fingerprint density at radius 3 is 2.44 bits per heavy atom.